The predicted octanol–water partition coefficient (Wildman–Crippen LogP) is 6.05. The van der Waals surface area contributed by atoms with Crippen LogP contribution in [0.4, 0.5) is 20.6 Å². The summed E-state index contributed by atoms with van der Waals surface area (Å²) in [7, 11) is 0. The van der Waals surface area contributed by atoms with E-state index in [-0.39, 0.29) is 18.2 Å². The van der Waals surface area contributed by atoms with E-state index in [2.05, 4.69) is 10.6 Å². The van der Waals surface area contributed by atoms with E-state index in [1.807, 2.05) is 37.3 Å². The van der Waals surface area contributed by atoms with Crippen LogP contribution in [0.5, 0.6) is 5.75 Å². The number of fused-ring (bicyclic) bond motifs is 1. The molecule has 174 valence electrons. The van der Waals surface area contributed by atoms with Crippen molar-refractivity contribution in [3.8, 4) is 5.75 Å². The number of aryl methyl sites for hydroxylation is 1. The quantitative estimate of drug-likeness (QED) is 0.439. The van der Waals surface area contributed by atoms with Gasteiger partial charge in [-0.3, -0.25) is 0 Å². The second kappa shape index (κ2) is 9.79. The van der Waals surface area contributed by atoms with E-state index < -0.39 is 17.4 Å². The number of hydrogen-bond acceptors (Lipinski definition) is 4. The van der Waals surface area contributed by atoms with Crippen LogP contribution in [0.3, 0.4) is 0 Å². The topological polar surface area (TPSA) is 76.7 Å². The Bertz CT molecular complexity index is 1260. The molecule has 0 aromatic heterocycles. The van der Waals surface area contributed by atoms with Crippen molar-refractivity contribution in [3.63, 3.8) is 0 Å². The van der Waals surface area contributed by atoms with Crippen molar-refractivity contribution in [2.75, 3.05) is 17.2 Å². The third-order valence-electron chi connectivity index (χ3n) is 5.46. The summed E-state index contributed by atoms with van der Waals surface area (Å²) in [6.45, 7) is 3.71. The number of urea groups is 1. The molecule has 3 aromatic carbocycles. The summed E-state index contributed by atoms with van der Waals surface area (Å²) < 4.78 is 25.1. The molecule has 2 amide bonds. The van der Waals surface area contributed by atoms with Crippen LogP contribution in [-0.2, 0) is 11.2 Å². The van der Waals surface area contributed by atoms with E-state index in [1.165, 1.54) is 18.2 Å². The van der Waals surface area contributed by atoms with Crippen molar-refractivity contribution in [2.24, 2.45) is 0 Å². The fraction of sp³-hybridized carbons (Fsp3) is 0.185. The molecule has 3 aromatic rings. The molecule has 1 aliphatic rings. The fourth-order valence-corrected chi connectivity index (χ4v) is 3.63. The Labute approximate surface area is 197 Å². The molecule has 0 saturated heterocycles. The summed E-state index contributed by atoms with van der Waals surface area (Å²) in [6.07, 6.45) is 4.42. The average Bonchev–Trinajstić information content (AvgIpc) is 2.83. The monoisotopic (exact) mass is 460 g/mol. The maximum Gasteiger partial charge on any atom is 0.341 e. The Morgan fingerprint density at radius 3 is 2.59 bits per heavy atom. The van der Waals surface area contributed by atoms with Gasteiger partial charge in [0.1, 0.15) is 18.2 Å². The van der Waals surface area contributed by atoms with Crippen molar-refractivity contribution in [3.05, 3.63) is 95.3 Å². The maximum absolute atomic E-state index is 13.8. The third kappa shape index (κ3) is 5.26. The smallest absolute Gasteiger partial charge is 0.341 e. The highest BCUT2D eigenvalue weighted by Crippen LogP contribution is 2.33. The van der Waals surface area contributed by atoms with E-state index in [1.54, 1.807) is 37.3 Å². The normalized spacial score (nSPS) is 16.2. The van der Waals surface area contributed by atoms with Crippen LogP contribution >= 0.6 is 0 Å². The highest BCUT2D eigenvalue weighted by Gasteiger charge is 2.30. The van der Waals surface area contributed by atoms with Gasteiger partial charge in [0, 0.05) is 16.9 Å². The van der Waals surface area contributed by atoms with Crippen LogP contribution in [0.25, 0.3) is 6.08 Å². The SMILES string of the molecule is CCc1ccccc1NC(=O)Nc1ccc2c(c1)C=CC(C)(COC(=O)c1ccccc1F)O2. The number of ether oxygens (including phenoxy) is 2. The lowest BCUT2D eigenvalue weighted by atomic mass is 10.0. The van der Waals surface area contributed by atoms with Gasteiger partial charge < -0.3 is 20.1 Å². The number of rotatable bonds is 6. The number of para-hydroxylation sites is 1. The Kier molecular flexibility index (Phi) is 6.63. The van der Waals surface area contributed by atoms with Crippen LogP contribution < -0.4 is 15.4 Å². The highest BCUT2D eigenvalue weighted by atomic mass is 19.1. The first-order valence-electron chi connectivity index (χ1n) is 11.0. The van der Waals surface area contributed by atoms with Crippen molar-refractivity contribution in [1.29, 1.82) is 0 Å². The van der Waals surface area contributed by atoms with E-state index in [4.69, 9.17) is 9.47 Å². The van der Waals surface area contributed by atoms with Crippen molar-refractivity contribution >= 4 is 29.5 Å². The minimum absolute atomic E-state index is 0.0879. The number of nitrogens with one attached hydrogen (secondary N) is 2. The van der Waals surface area contributed by atoms with Gasteiger partial charge in [-0.1, -0.05) is 43.3 Å². The summed E-state index contributed by atoms with van der Waals surface area (Å²) in [6, 6.07) is 18.2. The molecular formula is C27H25FN2O4. The number of carbonyl (C=O) groups is 2. The fourth-order valence-electron chi connectivity index (χ4n) is 3.63. The number of hydrogen-bond donors (Lipinski definition) is 2. The third-order valence-corrected chi connectivity index (χ3v) is 5.46. The molecule has 1 aliphatic heterocycles. The lowest BCUT2D eigenvalue weighted by molar-refractivity contribution is 0.0136. The minimum Gasteiger partial charge on any atom is -0.479 e. The zero-order valence-corrected chi connectivity index (χ0v) is 18.9. The van der Waals surface area contributed by atoms with Gasteiger partial charge in [0.15, 0.2) is 5.60 Å². The van der Waals surface area contributed by atoms with Crippen molar-refractivity contribution in [1.82, 2.24) is 0 Å². The zero-order chi connectivity index (χ0) is 24.1. The Morgan fingerprint density at radius 2 is 1.79 bits per heavy atom. The molecule has 0 bridgehead atoms. The van der Waals surface area contributed by atoms with E-state index in [0.29, 0.717) is 11.4 Å². The Hall–Kier alpha value is -4.13. The number of esters is 1. The number of halogens is 1. The molecule has 2 N–H and O–H groups in total. The molecule has 4 rings (SSSR count). The molecule has 34 heavy (non-hydrogen) atoms. The first-order valence-corrected chi connectivity index (χ1v) is 11.0. The van der Waals surface area contributed by atoms with Gasteiger partial charge in [0.2, 0.25) is 0 Å². The largest absolute Gasteiger partial charge is 0.479 e. The second-order valence-electron chi connectivity index (χ2n) is 8.15. The van der Waals surface area contributed by atoms with Gasteiger partial charge >= 0.3 is 12.0 Å². The van der Waals surface area contributed by atoms with Gasteiger partial charge in [-0.25, -0.2) is 14.0 Å². The molecule has 7 heteroatoms. The Morgan fingerprint density at radius 1 is 1.03 bits per heavy atom. The molecule has 1 unspecified atom stereocenters. The molecule has 1 atom stereocenters. The Balaban J connectivity index is 1.38. The molecule has 0 fully saturated rings. The zero-order valence-electron chi connectivity index (χ0n) is 18.9. The van der Waals surface area contributed by atoms with Crippen LogP contribution in [0.15, 0.2) is 72.8 Å². The summed E-state index contributed by atoms with van der Waals surface area (Å²) in [5, 5.41) is 5.71. The number of amides is 2. The van der Waals surface area contributed by atoms with Gasteiger partial charge in [-0.15, -0.1) is 0 Å². The standard InChI is InChI=1S/C27H25FN2O4/c1-3-18-8-4-7-11-23(18)30-26(32)29-20-12-13-24-19(16-20)14-15-27(2,34-24)17-33-25(31)21-9-5-6-10-22(21)28/h4-16H,3,17H2,1-2H3,(H2,29,30,32). The van der Waals surface area contributed by atoms with Gasteiger partial charge in [-0.05, 0) is 61.4 Å². The van der Waals surface area contributed by atoms with Gasteiger partial charge in [0.25, 0.3) is 0 Å². The predicted molar refractivity (Wildman–Crippen MR) is 130 cm³/mol. The van der Waals surface area contributed by atoms with Crippen LogP contribution in [0.2, 0.25) is 0 Å². The lowest BCUT2D eigenvalue weighted by Gasteiger charge is -2.31. The second-order valence-corrected chi connectivity index (χ2v) is 8.15. The van der Waals surface area contributed by atoms with Crippen LogP contribution in [0, 0.1) is 5.82 Å². The molecule has 1 heterocycles. The summed E-state index contributed by atoms with van der Waals surface area (Å²) in [4.78, 5) is 24.7. The lowest BCUT2D eigenvalue weighted by Crippen LogP contribution is -2.38. The summed E-state index contributed by atoms with van der Waals surface area (Å²) in [5.41, 5.74) is 2.16. The van der Waals surface area contributed by atoms with Crippen molar-refractivity contribution in [2.45, 2.75) is 25.9 Å². The van der Waals surface area contributed by atoms with Crippen LogP contribution in [-0.4, -0.2) is 24.2 Å². The van der Waals surface area contributed by atoms with E-state index in [9.17, 15) is 14.0 Å². The molecule has 0 aliphatic carbocycles. The molecule has 0 radical (unpaired) electrons. The summed E-state index contributed by atoms with van der Waals surface area (Å²) >= 11 is 0. The molecule has 6 nitrogen and oxygen atoms in total. The van der Waals surface area contributed by atoms with Gasteiger partial charge in [-0.2, -0.15) is 0 Å². The maximum atomic E-state index is 13.8. The van der Waals surface area contributed by atoms with Gasteiger partial charge in [0.05, 0.1) is 5.56 Å². The molecule has 0 saturated carbocycles. The number of carbonyl (C=O) groups excluding carboxylic acids is 2. The highest BCUT2D eigenvalue weighted by molar-refractivity contribution is 6.00. The number of anilines is 2. The van der Waals surface area contributed by atoms with E-state index >= 15 is 0 Å². The number of benzene rings is 3. The first-order chi connectivity index (χ1) is 16.4. The van der Waals surface area contributed by atoms with E-state index in [0.717, 1.165) is 23.2 Å². The molecular weight excluding hydrogens is 435 g/mol. The summed E-state index contributed by atoms with van der Waals surface area (Å²) in [5.74, 6) is -0.808. The van der Waals surface area contributed by atoms with Crippen molar-refractivity contribution < 1.29 is 23.5 Å². The van der Waals surface area contributed by atoms with Crippen LogP contribution in [0.1, 0.15) is 35.3 Å². The average molecular weight is 461 g/mol. The first kappa shape index (κ1) is 23.0. The minimum atomic E-state index is -0.913. The molecule has 0 spiro atoms.